The van der Waals surface area contributed by atoms with Crippen molar-refractivity contribution in [3.8, 4) is 5.75 Å². The number of nitrogens with zero attached hydrogens (tertiary/aromatic N) is 1. The van der Waals surface area contributed by atoms with Crippen LogP contribution >= 0.6 is 24.0 Å². The van der Waals surface area contributed by atoms with Crippen LogP contribution in [0, 0.1) is 5.41 Å². The molecular formula is C21H36IN3O2. The predicted octanol–water partition coefficient (Wildman–Crippen LogP) is 4.01. The summed E-state index contributed by atoms with van der Waals surface area (Å²) < 4.78 is 10.8. The van der Waals surface area contributed by atoms with Crippen molar-refractivity contribution >= 4 is 29.9 Å². The number of nitrogens with one attached hydrogen (secondary N) is 2. The molecule has 27 heavy (non-hydrogen) atoms. The van der Waals surface area contributed by atoms with Crippen molar-refractivity contribution < 1.29 is 9.47 Å². The van der Waals surface area contributed by atoms with Gasteiger partial charge in [0.25, 0.3) is 0 Å². The van der Waals surface area contributed by atoms with E-state index >= 15 is 0 Å². The first kappa shape index (κ1) is 24.0. The molecule has 0 atom stereocenters. The fourth-order valence-electron chi connectivity index (χ4n) is 3.74. The van der Waals surface area contributed by atoms with Crippen LogP contribution in [0.15, 0.2) is 29.3 Å². The zero-order valence-electron chi connectivity index (χ0n) is 17.1. The van der Waals surface area contributed by atoms with Crippen LogP contribution < -0.4 is 15.4 Å². The second-order valence-corrected chi connectivity index (χ2v) is 7.13. The summed E-state index contributed by atoms with van der Waals surface area (Å²) in [5.41, 5.74) is 1.53. The van der Waals surface area contributed by atoms with Crippen molar-refractivity contribution in [3.05, 3.63) is 29.8 Å². The van der Waals surface area contributed by atoms with Crippen molar-refractivity contribution in [2.24, 2.45) is 10.4 Å². The molecule has 2 rings (SSSR count). The van der Waals surface area contributed by atoms with Gasteiger partial charge in [-0.3, -0.25) is 4.99 Å². The third-order valence-electron chi connectivity index (χ3n) is 5.30. The summed E-state index contributed by atoms with van der Waals surface area (Å²) in [6.45, 7) is 5.50. The topological polar surface area (TPSA) is 54.9 Å². The average molecular weight is 489 g/mol. The van der Waals surface area contributed by atoms with Crippen LogP contribution in [0.1, 0.15) is 44.6 Å². The number of aliphatic imine (C=N–C) groups is 1. The highest BCUT2D eigenvalue weighted by molar-refractivity contribution is 14.0. The van der Waals surface area contributed by atoms with Crippen LogP contribution in [0.4, 0.5) is 0 Å². The lowest BCUT2D eigenvalue weighted by Gasteiger charge is -2.27. The van der Waals surface area contributed by atoms with E-state index in [1.54, 1.807) is 14.2 Å². The molecule has 1 aromatic carbocycles. The van der Waals surface area contributed by atoms with E-state index in [1.807, 2.05) is 12.1 Å². The Bertz CT molecular complexity index is 560. The largest absolute Gasteiger partial charge is 0.496 e. The van der Waals surface area contributed by atoms with Crippen LogP contribution in [0.5, 0.6) is 5.75 Å². The Hall–Kier alpha value is -1.02. The number of methoxy groups -OCH3 is 2. The van der Waals surface area contributed by atoms with Crippen molar-refractivity contribution in [3.63, 3.8) is 0 Å². The van der Waals surface area contributed by atoms with Gasteiger partial charge in [0, 0.05) is 33.4 Å². The predicted molar refractivity (Wildman–Crippen MR) is 123 cm³/mol. The molecule has 1 saturated carbocycles. The zero-order chi connectivity index (χ0) is 18.7. The third-order valence-corrected chi connectivity index (χ3v) is 5.30. The second kappa shape index (κ2) is 13.2. The van der Waals surface area contributed by atoms with Gasteiger partial charge in [-0.05, 0) is 49.7 Å². The summed E-state index contributed by atoms with van der Waals surface area (Å²) in [6.07, 6.45) is 7.17. The highest BCUT2D eigenvalue weighted by Gasteiger charge is 2.33. The number of hydrogen-bond donors (Lipinski definition) is 2. The standard InChI is InChI=1S/C21H35N3O2.HI/c1-4-22-20(23-15-11-18-9-5-6-10-19(18)26-3)24-17-21(14-16-25-2)12-7-8-13-21;/h5-6,9-10H,4,7-8,11-17H2,1-3H3,(H2,22,23,24);1H. The Labute approximate surface area is 181 Å². The number of ether oxygens (including phenoxy) is 2. The molecule has 1 aliphatic rings. The maximum atomic E-state index is 5.43. The number of para-hydroxylation sites is 1. The Morgan fingerprint density at radius 1 is 1.15 bits per heavy atom. The molecule has 0 saturated heterocycles. The molecule has 154 valence electrons. The lowest BCUT2D eigenvalue weighted by atomic mass is 9.83. The quantitative estimate of drug-likeness (QED) is 0.296. The van der Waals surface area contributed by atoms with E-state index < -0.39 is 0 Å². The van der Waals surface area contributed by atoms with Gasteiger partial charge >= 0.3 is 0 Å². The summed E-state index contributed by atoms with van der Waals surface area (Å²) in [7, 11) is 3.51. The fraction of sp³-hybridized carbons (Fsp3) is 0.667. The molecular weight excluding hydrogens is 453 g/mol. The van der Waals surface area contributed by atoms with Gasteiger partial charge in [-0.25, -0.2) is 0 Å². The Balaban J connectivity index is 0.00000364. The SMILES string of the molecule is CCNC(=NCC1(CCOC)CCCC1)NCCc1ccccc1OC.I. The molecule has 0 radical (unpaired) electrons. The van der Waals surface area contributed by atoms with Gasteiger partial charge in [0.15, 0.2) is 5.96 Å². The van der Waals surface area contributed by atoms with Gasteiger partial charge in [-0.15, -0.1) is 24.0 Å². The summed E-state index contributed by atoms with van der Waals surface area (Å²) in [4.78, 5) is 4.90. The van der Waals surface area contributed by atoms with Crippen LogP contribution in [0.3, 0.4) is 0 Å². The first-order valence-electron chi connectivity index (χ1n) is 9.86. The monoisotopic (exact) mass is 489 g/mol. The number of hydrogen-bond acceptors (Lipinski definition) is 3. The molecule has 1 aliphatic carbocycles. The van der Waals surface area contributed by atoms with Crippen molar-refractivity contribution in [1.82, 2.24) is 10.6 Å². The van der Waals surface area contributed by atoms with Crippen LogP contribution in [0.25, 0.3) is 0 Å². The Morgan fingerprint density at radius 3 is 2.56 bits per heavy atom. The molecule has 0 bridgehead atoms. The van der Waals surface area contributed by atoms with Crippen molar-refractivity contribution in [2.45, 2.75) is 45.4 Å². The van der Waals surface area contributed by atoms with Gasteiger partial charge in [-0.1, -0.05) is 31.0 Å². The number of rotatable bonds is 10. The molecule has 0 amide bonds. The van der Waals surface area contributed by atoms with Crippen LogP contribution in [-0.2, 0) is 11.2 Å². The van der Waals surface area contributed by atoms with Gasteiger partial charge in [0.2, 0.25) is 0 Å². The highest BCUT2D eigenvalue weighted by Crippen LogP contribution is 2.41. The lowest BCUT2D eigenvalue weighted by Crippen LogP contribution is -2.39. The first-order valence-corrected chi connectivity index (χ1v) is 9.86. The lowest BCUT2D eigenvalue weighted by molar-refractivity contribution is 0.141. The molecule has 0 aromatic heterocycles. The first-order chi connectivity index (χ1) is 12.7. The van der Waals surface area contributed by atoms with Crippen LogP contribution in [0.2, 0.25) is 0 Å². The van der Waals surface area contributed by atoms with Gasteiger partial charge in [0.05, 0.1) is 7.11 Å². The van der Waals surface area contributed by atoms with Gasteiger partial charge in [0.1, 0.15) is 5.75 Å². The van der Waals surface area contributed by atoms with E-state index in [0.29, 0.717) is 5.41 Å². The number of guanidine groups is 1. The smallest absolute Gasteiger partial charge is 0.191 e. The summed E-state index contributed by atoms with van der Waals surface area (Å²) in [5, 5.41) is 6.84. The van der Waals surface area contributed by atoms with Crippen molar-refractivity contribution in [2.75, 3.05) is 40.5 Å². The summed E-state index contributed by atoms with van der Waals surface area (Å²) in [6, 6.07) is 8.18. The van der Waals surface area contributed by atoms with Gasteiger partial charge < -0.3 is 20.1 Å². The second-order valence-electron chi connectivity index (χ2n) is 7.13. The minimum absolute atomic E-state index is 0. The van der Waals surface area contributed by atoms with Gasteiger partial charge in [-0.2, -0.15) is 0 Å². The normalized spacial score (nSPS) is 15.9. The maximum Gasteiger partial charge on any atom is 0.191 e. The Kier molecular flexibility index (Phi) is 11.7. The number of halogens is 1. The van der Waals surface area contributed by atoms with Crippen LogP contribution in [-0.4, -0.2) is 46.4 Å². The fourth-order valence-corrected chi connectivity index (χ4v) is 3.74. The highest BCUT2D eigenvalue weighted by atomic mass is 127. The van der Waals surface area contributed by atoms with E-state index in [9.17, 15) is 0 Å². The summed E-state index contributed by atoms with van der Waals surface area (Å²) >= 11 is 0. The number of benzene rings is 1. The third kappa shape index (κ3) is 7.86. The molecule has 0 heterocycles. The van der Waals surface area contributed by atoms with E-state index in [1.165, 1.54) is 31.2 Å². The van der Waals surface area contributed by atoms with E-state index in [4.69, 9.17) is 14.5 Å². The molecule has 0 aliphatic heterocycles. The molecule has 6 heteroatoms. The molecule has 2 N–H and O–H groups in total. The minimum Gasteiger partial charge on any atom is -0.496 e. The molecule has 5 nitrogen and oxygen atoms in total. The molecule has 1 fully saturated rings. The molecule has 1 aromatic rings. The summed E-state index contributed by atoms with van der Waals surface area (Å²) in [5.74, 6) is 1.85. The van der Waals surface area contributed by atoms with E-state index in [0.717, 1.165) is 50.8 Å². The zero-order valence-corrected chi connectivity index (χ0v) is 19.4. The van der Waals surface area contributed by atoms with E-state index in [2.05, 4.69) is 29.7 Å². The Morgan fingerprint density at radius 2 is 1.89 bits per heavy atom. The minimum atomic E-state index is 0. The van der Waals surface area contributed by atoms with Crippen molar-refractivity contribution in [1.29, 1.82) is 0 Å². The maximum absolute atomic E-state index is 5.43. The molecule has 0 unspecified atom stereocenters. The average Bonchev–Trinajstić information content (AvgIpc) is 3.14. The van der Waals surface area contributed by atoms with E-state index in [-0.39, 0.29) is 24.0 Å². The molecule has 0 spiro atoms.